The van der Waals surface area contributed by atoms with Crippen molar-refractivity contribution in [1.29, 1.82) is 0 Å². The number of carboxylic acids is 1. The topological polar surface area (TPSA) is 76.1 Å². The van der Waals surface area contributed by atoms with E-state index in [1.165, 1.54) is 4.90 Å². The quantitative estimate of drug-likeness (QED) is 0.722. The molecule has 2 aromatic carbocycles. The predicted octanol–water partition coefficient (Wildman–Crippen LogP) is 3.36. The number of hydrogen-bond acceptors (Lipinski definition) is 4. The number of hydrogen-bond donors (Lipinski definition) is 1. The third-order valence-electron chi connectivity index (χ3n) is 4.70. The van der Waals surface area contributed by atoms with Gasteiger partial charge in [0.2, 0.25) is 0 Å². The fourth-order valence-corrected chi connectivity index (χ4v) is 3.48. The number of methoxy groups -OCH3 is 1. The third-order valence-corrected chi connectivity index (χ3v) is 4.70. The van der Waals surface area contributed by atoms with Gasteiger partial charge >= 0.3 is 12.1 Å². The molecule has 0 fully saturated rings. The van der Waals surface area contributed by atoms with E-state index >= 15 is 0 Å². The Kier molecular flexibility index (Phi) is 6.08. The maximum Gasteiger partial charge on any atom is 0.410 e. The van der Waals surface area contributed by atoms with Crippen LogP contribution in [-0.4, -0.2) is 55.5 Å². The van der Waals surface area contributed by atoms with Crippen molar-refractivity contribution in [2.45, 2.75) is 12.3 Å². The second kappa shape index (κ2) is 8.68. The van der Waals surface area contributed by atoms with Crippen molar-refractivity contribution in [3.63, 3.8) is 0 Å². The first-order valence-electron chi connectivity index (χ1n) is 8.92. The van der Waals surface area contributed by atoms with E-state index in [1.807, 2.05) is 36.4 Å². The van der Waals surface area contributed by atoms with Crippen molar-refractivity contribution in [1.82, 2.24) is 4.90 Å². The van der Waals surface area contributed by atoms with Gasteiger partial charge in [-0.25, -0.2) is 4.79 Å². The molecule has 142 valence electrons. The maximum absolute atomic E-state index is 12.5. The molecule has 0 spiro atoms. The molecule has 6 nitrogen and oxygen atoms in total. The highest BCUT2D eigenvalue weighted by Gasteiger charge is 2.29. The number of ether oxygens (including phenoxy) is 2. The summed E-state index contributed by atoms with van der Waals surface area (Å²) < 4.78 is 10.5. The van der Waals surface area contributed by atoms with Crippen LogP contribution in [0, 0.1) is 0 Å². The zero-order valence-electron chi connectivity index (χ0n) is 15.3. The molecule has 27 heavy (non-hydrogen) atoms. The molecule has 6 heteroatoms. The molecular weight excluding hydrogens is 346 g/mol. The van der Waals surface area contributed by atoms with Crippen LogP contribution >= 0.6 is 0 Å². The summed E-state index contributed by atoms with van der Waals surface area (Å²) in [7, 11) is 1.56. The fraction of sp³-hybridized carbons (Fsp3) is 0.333. The highest BCUT2D eigenvalue weighted by atomic mass is 16.6. The second-order valence-corrected chi connectivity index (χ2v) is 6.47. The van der Waals surface area contributed by atoms with Crippen LogP contribution in [0.15, 0.2) is 48.5 Å². The number of carboxylic acid groups (broad SMARTS) is 1. The number of fused-ring (bicyclic) bond motifs is 3. The molecule has 0 aromatic heterocycles. The Morgan fingerprint density at radius 2 is 1.63 bits per heavy atom. The minimum atomic E-state index is -1.07. The Hall–Kier alpha value is -2.86. The summed E-state index contributed by atoms with van der Waals surface area (Å²) in [5.41, 5.74) is 4.54. The molecule has 0 atom stereocenters. The van der Waals surface area contributed by atoms with Crippen molar-refractivity contribution < 1.29 is 24.2 Å². The average Bonchev–Trinajstić information content (AvgIpc) is 2.99. The highest BCUT2D eigenvalue weighted by Crippen LogP contribution is 2.44. The first-order chi connectivity index (χ1) is 13.1. The lowest BCUT2D eigenvalue weighted by molar-refractivity contribution is -0.138. The number of carbonyl (C=O) groups is 2. The van der Waals surface area contributed by atoms with Gasteiger partial charge in [0.1, 0.15) is 13.2 Å². The first-order valence-corrected chi connectivity index (χ1v) is 8.92. The van der Waals surface area contributed by atoms with Gasteiger partial charge < -0.3 is 14.6 Å². The zero-order chi connectivity index (χ0) is 19.2. The predicted molar refractivity (Wildman–Crippen MR) is 101 cm³/mol. The lowest BCUT2D eigenvalue weighted by atomic mass is 9.98. The number of carbonyl (C=O) groups excluding carboxylic acids is 1. The smallest absolute Gasteiger partial charge is 0.410 e. The normalized spacial score (nSPS) is 12.3. The number of benzene rings is 2. The van der Waals surface area contributed by atoms with Crippen molar-refractivity contribution in [2.75, 3.05) is 33.4 Å². The van der Waals surface area contributed by atoms with Gasteiger partial charge in [0.15, 0.2) is 0 Å². The van der Waals surface area contributed by atoms with Crippen LogP contribution in [0.4, 0.5) is 4.79 Å². The average molecular weight is 369 g/mol. The van der Waals surface area contributed by atoms with Crippen LogP contribution in [0.3, 0.4) is 0 Å². The van der Waals surface area contributed by atoms with Crippen LogP contribution in [0.2, 0.25) is 0 Å². The molecule has 0 aliphatic heterocycles. The van der Waals surface area contributed by atoms with Crippen LogP contribution in [0.25, 0.3) is 11.1 Å². The third kappa shape index (κ3) is 4.28. The molecular formula is C21H23NO5. The summed E-state index contributed by atoms with van der Waals surface area (Å²) in [4.78, 5) is 24.7. The molecule has 0 unspecified atom stereocenters. The molecule has 1 N–H and O–H groups in total. The minimum Gasteiger partial charge on any atom is -0.480 e. The Labute approximate surface area is 158 Å². The van der Waals surface area contributed by atoms with Crippen LogP contribution < -0.4 is 0 Å². The van der Waals surface area contributed by atoms with E-state index in [0.717, 1.165) is 22.3 Å². The lowest BCUT2D eigenvalue weighted by Gasteiger charge is -2.22. The van der Waals surface area contributed by atoms with E-state index in [-0.39, 0.29) is 25.6 Å². The van der Waals surface area contributed by atoms with E-state index < -0.39 is 12.1 Å². The summed E-state index contributed by atoms with van der Waals surface area (Å²) >= 11 is 0. The second-order valence-electron chi connectivity index (χ2n) is 6.47. The Balaban J connectivity index is 1.71. The largest absolute Gasteiger partial charge is 0.480 e. The molecule has 0 saturated heterocycles. The van der Waals surface area contributed by atoms with Crippen LogP contribution in [0.5, 0.6) is 0 Å². The van der Waals surface area contributed by atoms with Gasteiger partial charge in [-0.1, -0.05) is 48.5 Å². The monoisotopic (exact) mass is 369 g/mol. The van der Waals surface area contributed by atoms with Gasteiger partial charge in [0.05, 0.1) is 0 Å². The number of aliphatic carboxylic acids is 1. The Morgan fingerprint density at radius 1 is 1.04 bits per heavy atom. The SMILES string of the molecule is COCCCN(CC(=O)O)C(=O)OCC1c2ccccc2-c2ccccc21. The number of amides is 1. The molecule has 0 bridgehead atoms. The van der Waals surface area contributed by atoms with Gasteiger partial charge in [-0.3, -0.25) is 9.69 Å². The van der Waals surface area contributed by atoms with Crippen LogP contribution in [0.1, 0.15) is 23.5 Å². The van der Waals surface area contributed by atoms with Gasteiger partial charge in [-0.15, -0.1) is 0 Å². The fourth-order valence-electron chi connectivity index (χ4n) is 3.48. The standard InChI is InChI=1S/C21H23NO5/c1-26-12-6-11-22(13-20(23)24)21(25)27-14-19-17-9-4-2-7-15(17)16-8-3-5-10-18(16)19/h2-5,7-10,19H,6,11-14H2,1H3,(H,23,24). The van der Waals surface area contributed by atoms with E-state index in [0.29, 0.717) is 13.0 Å². The van der Waals surface area contributed by atoms with Crippen LogP contribution in [-0.2, 0) is 14.3 Å². The first kappa shape index (κ1) is 18.9. The van der Waals surface area contributed by atoms with Crippen molar-refractivity contribution in [3.8, 4) is 11.1 Å². The molecule has 0 heterocycles. The summed E-state index contributed by atoms with van der Waals surface area (Å²) in [6.07, 6.45) is -0.0658. The molecule has 3 rings (SSSR count). The van der Waals surface area contributed by atoms with Crippen molar-refractivity contribution >= 4 is 12.1 Å². The van der Waals surface area contributed by atoms with E-state index in [2.05, 4.69) is 12.1 Å². The summed E-state index contributed by atoms with van der Waals surface area (Å²) in [6, 6.07) is 16.2. The maximum atomic E-state index is 12.5. The molecule has 0 radical (unpaired) electrons. The summed E-state index contributed by atoms with van der Waals surface area (Å²) in [6.45, 7) is 0.511. The Bertz CT molecular complexity index is 774. The van der Waals surface area contributed by atoms with Crippen molar-refractivity contribution in [3.05, 3.63) is 59.7 Å². The van der Waals surface area contributed by atoms with Gasteiger partial charge in [-0.05, 0) is 28.7 Å². The minimum absolute atomic E-state index is 0.0491. The van der Waals surface area contributed by atoms with E-state index in [9.17, 15) is 9.59 Å². The van der Waals surface area contributed by atoms with Crippen molar-refractivity contribution in [2.24, 2.45) is 0 Å². The molecule has 0 saturated carbocycles. The molecule has 1 amide bonds. The van der Waals surface area contributed by atoms with Gasteiger partial charge in [0, 0.05) is 26.2 Å². The highest BCUT2D eigenvalue weighted by molar-refractivity contribution is 5.79. The number of rotatable bonds is 8. The van der Waals surface area contributed by atoms with Gasteiger partial charge in [-0.2, -0.15) is 0 Å². The summed E-state index contributed by atoms with van der Waals surface area (Å²) in [5.74, 6) is -1.12. The lowest BCUT2D eigenvalue weighted by Crippen LogP contribution is -2.37. The van der Waals surface area contributed by atoms with E-state index in [1.54, 1.807) is 7.11 Å². The molecule has 1 aliphatic rings. The van der Waals surface area contributed by atoms with Gasteiger partial charge in [0.25, 0.3) is 0 Å². The number of nitrogens with zero attached hydrogens (tertiary/aromatic N) is 1. The Morgan fingerprint density at radius 3 is 2.19 bits per heavy atom. The molecule has 2 aromatic rings. The molecule has 1 aliphatic carbocycles. The van der Waals surface area contributed by atoms with E-state index in [4.69, 9.17) is 14.6 Å². The zero-order valence-corrected chi connectivity index (χ0v) is 15.3. The summed E-state index contributed by atoms with van der Waals surface area (Å²) in [5, 5.41) is 9.05.